The molecule has 1 aromatic carbocycles. The van der Waals surface area contributed by atoms with Gasteiger partial charge in [0, 0.05) is 5.92 Å². The van der Waals surface area contributed by atoms with E-state index in [1.54, 1.807) is 11.1 Å². The molecule has 0 amide bonds. The van der Waals surface area contributed by atoms with Crippen LogP contribution in [-0.4, -0.2) is 0 Å². The molecule has 1 aromatic rings. The van der Waals surface area contributed by atoms with Gasteiger partial charge in [-0.05, 0) is 38.2 Å². The number of rotatable bonds is 5. The third-order valence-electron chi connectivity index (χ3n) is 4.04. The van der Waals surface area contributed by atoms with E-state index in [-0.39, 0.29) is 0 Å². The van der Waals surface area contributed by atoms with Gasteiger partial charge in [0.05, 0.1) is 0 Å². The monoisotopic (exact) mass is 252 g/mol. The first-order valence-corrected chi connectivity index (χ1v) is 7.28. The Morgan fingerprint density at radius 2 is 1.74 bits per heavy atom. The third kappa shape index (κ3) is 3.70. The summed E-state index contributed by atoms with van der Waals surface area (Å²) in [5.41, 5.74) is 5.79. The highest BCUT2D eigenvalue weighted by molar-refractivity contribution is 5.32. The van der Waals surface area contributed by atoms with Crippen LogP contribution in [0.15, 0.2) is 65.8 Å². The summed E-state index contributed by atoms with van der Waals surface area (Å²) < 4.78 is 0. The molecule has 1 aliphatic rings. The highest BCUT2D eigenvalue weighted by Gasteiger charge is 2.15. The van der Waals surface area contributed by atoms with Crippen LogP contribution in [0.25, 0.3) is 0 Å². The van der Waals surface area contributed by atoms with Crippen molar-refractivity contribution >= 4 is 0 Å². The Hall–Kier alpha value is -1.56. The molecular formula is C19H24. The topological polar surface area (TPSA) is 0 Å². The predicted molar refractivity (Wildman–Crippen MR) is 84.3 cm³/mol. The standard InChI is InChI=1S/C19H24/c1-4-16-10-12-17(13-11-16)14-19(15(2)3)18-8-6-5-7-9-18/h5-10,12,19H,2,4,11,13-14H2,1,3H3. The smallest absolute Gasteiger partial charge is 0.00799 e. The van der Waals surface area contributed by atoms with Crippen LogP contribution in [-0.2, 0) is 0 Å². The van der Waals surface area contributed by atoms with Crippen molar-refractivity contribution in [2.75, 3.05) is 0 Å². The highest BCUT2D eigenvalue weighted by Crippen LogP contribution is 2.33. The fourth-order valence-electron chi connectivity index (χ4n) is 2.71. The molecule has 1 unspecified atom stereocenters. The van der Waals surface area contributed by atoms with E-state index >= 15 is 0 Å². The van der Waals surface area contributed by atoms with Crippen LogP contribution < -0.4 is 0 Å². The van der Waals surface area contributed by atoms with Crippen LogP contribution in [0.4, 0.5) is 0 Å². The molecule has 0 saturated carbocycles. The van der Waals surface area contributed by atoms with Crippen molar-refractivity contribution in [1.29, 1.82) is 0 Å². The Morgan fingerprint density at radius 1 is 1.11 bits per heavy atom. The summed E-state index contributed by atoms with van der Waals surface area (Å²) in [4.78, 5) is 0. The molecule has 0 N–H and O–H groups in total. The molecule has 0 saturated heterocycles. The summed E-state index contributed by atoms with van der Waals surface area (Å²) in [7, 11) is 0. The average molecular weight is 252 g/mol. The van der Waals surface area contributed by atoms with Crippen molar-refractivity contribution in [3.63, 3.8) is 0 Å². The van der Waals surface area contributed by atoms with Crippen LogP contribution in [0, 0.1) is 0 Å². The van der Waals surface area contributed by atoms with Gasteiger partial charge in [-0.3, -0.25) is 0 Å². The second-order valence-corrected chi connectivity index (χ2v) is 5.52. The Balaban J connectivity index is 2.13. The molecule has 0 radical (unpaired) electrons. The SMILES string of the molecule is C=C(C)C(CC1=CC=C(CC)CC1)c1ccccc1. The Labute approximate surface area is 117 Å². The summed E-state index contributed by atoms with van der Waals surface area (Å²) in [5.74, 6) is 0.462. The molecule has 0 nitrogen and oxygen atoms in total. The van der Waals surface area contributed by atoms with Gasteiger partial charge in [-0.15, -0.1) is 0 Å². The van der Waals surface area contributed by atoms with E-state index < -0.39 is 0 Å². The lowest BCUT2D eigenvalue weighted by Gasteiger charge is -2.21. The van der Waals surface area contributed by atoms with E-state index in [2.05, 4.69) is 62.9 Å². The molecule has 0 aromatic heterocycles. The largest absolute Gasteiger partial charge is 0.0995 e. The van der Waals surface area contributed by atoms with Crippen molar-refractivity contribution < 1.29 is 0 Å². The van der Waals surface area contributed by atoms with E-state index in [1.165, 1.54) is 30.4 Å². The highest BCUT2D eigenvalue weighted by atomic mass is 14.2. The summed E-state index contributed by atoms with van der Waals surface area (Å²) in [6.45, 7) is 8.57. The van der Waals surface area contributed by atoms with Crippen LogP contribution in [0.5, 0.6) is 0 Å². The van der Waals surface area contributed by atoms with Crippen molar-refractivity contribution in [3.05, 3.63) is 71.3 Å². The van der Waals surface area contributed by atoms with Gasteiger partial charge in [0.25, 0.3) is 0 Å². The lowest BCUT2D eigenvalue weighted by molar-refractivity contribution is 0.725. The average Bonchev–Trinajstić information content (AvgIpc) is 2.46. The van der Waals surface area contributed by atoms with E-state index in [1.807, 2.05) is 0 Å². The number of hydrogen-bond donors (Lipinski definition) is 0. The van der Waals surface area contributed by atoms with Gasteiger partial charge < -0.3 is 0 Å². The molecule has 0 aliphatic heterocycles. The summed E-state index contributed by atoms with van der Waals surface area (Å²) >= 11 is 0. The van der Waals surface area contributed by atoms with E-state index in [4.69, 9.17) is 0 Å². The molecule has 1 aliphatic carbocycles. The van der Waals surface area contributed by atoms with Crippen LogP contribution in [0.1, 0.15) is 51.0 Å². The van der Waals surface area contributed by atoms with Crippen LogP contribution in [0.3, 0.4) is 0 Å². The minimum absolute atomic E-state index is 0.462. The first-order chi connectivity index (χ1) is 9.20. The number of allylic oxidation sites excluding steroid dienone is 5. The second-order valence-electron chi connectivity index (χ2n) is 5.52. The van der Waals surface area contributed by atoms with Crippen LogP contribution in [0.2, 0.25) is 0 Å². The molecule has 100 valence electrons. The molecule has 0 heterocycles. The Kier molecular flexibility index (Phi) is 4.79. The summed E-state index contributed by atoms with van der Waals surface area (Å²) in [6.07, 6.45) is 9.41. The lowest BCUT2D eigenvalue weighted by atomic mass is 9.84. The maximum Gasteiger partial charge on any atom is 0.00799 e. The van der Waals surface area contributed by atoms with Crippen molar-refractivity contribution in [2.24, 2.45) is 0 Å². The molecule has 0 spiro atoms. The third-order valence-corrected chi connectivity index (χ3v) is 4.04. The van der Waals surface area contributed by atoms with Crippen molar-refractivity contribution in [1.82, 2.24) is 0 Å². The van der Waals surface area contributed by atoms with Gasteiger partial charge in [0.1, 0.15) is 0 Å². The van der Waals surface area contributed by atoms with Crippen LogP contribution >= 0.6 is 0 Å². The summed E-state index contributed by atoms with van der Waals surface area (Å²) in [5, 5.41) is 0. The molecule has 0 heteroatoms. The van der Waals surface area contributed by atoms with Gasteiger partial charge in [0.2, 0.25) is 0 Å². The van der Waals surface area contributed by atoms with Gasteiger partial charge in [0.15, 0.2) is 0 Å². The zero-order valence-corrected chi connectivity index (χ0v) is 12.2. The first kappa shape index (κ1) is 13.9. The van der Waals surface area contributed by atoms with Gasteiger partial charge >= 0.3 is 0 Å². The number of hydrogen-bond acceptors (Lipinski definition) is 0. The minimum atomic E-state index is 0.462. The molecule has 19 heavy (non-hydrogen) atoms. The predicted octanol–water partition coefficient (Wildman–Crippen LogP) is 5.79. The molecule has 1 atom stereocenters. The Bertz CT molecular complexity index is 488. The zero-order chi connectivity index (χ0) is 13.7. The van der Waals surface area contributed by atoms with Gasteiger partial charge in [-0.25, -0.2) is 0 Å². The first-order valence-electron chi connectivity index (χ1n) is 7.28. The van der Waals surface area contributed by atoms with E-state index in [9.17, 15) is 0 Å². The van der Waals surface area contributed by atoms with Gasteiger partial charge in [-0.2, -0.15) is 0 Å². The van der Waals surface area contributed by atoms with Gasteiger partial charge in [-0.1, -0.05) is 72.7 Å². The molecular weight excluding hydrogens is 228 g/mol. The van der Waals surface area contributed by atoms with Crippen molar-refractivity contribution in [3.8, 4) is 0 Å². The van der Waals surface area contributed by atoms with E-state index in [0.29, 0.717) is 5.92 Å². The Morgan fingerprint density at radius 3 is 2.26 bits per heavy atom. The fraction of sp³-hybridized carbons (Fsp3) is 0.368. The molecule has 0 bridgehead atoms. The lowest BCUT2D eigenvalue weighted by Crippen LogP contribution is -2.03. The molecule has 2 rings (SSSR count). The van der Waals surface area contributed by atoms with Crippen molar-refractivity contribution in [2.45, 2.75) is 45.4 Å². The fourth-order valence-corrected chi connectivity index (χ4v) is 2.71. The quantitative estimate of drug-likeness (QED) is 0.581. The normalized spacial score (nSPS) is 16.5. The zero-order valence-electron chi connectivity index (χ0n) is 12.2. The molecule has 0 fully saturated rings. The maximum absolute atomic E-state index is 4.19. The number of benzene rings is 1. The summed E-state index contributed by atoms with van der Waals surface area (Å²) in [6, 6.07) is 10.8. The minimum Gasteiger partial charge on any atom is -0.0995 e. The second kappa shape index (κ2) is 6.56. The maximum atomic E-state index is 4.19. The van der Waals surface area contributed by atoms with E-state index in [0.717, 1.165) is 6.42 Å².